The highest BCUT2D eigenvalue weighted by Gasteiger charge is 2.44. The van der Waals surface area contributed by atoms with Crippen LogP contribution in [0.2, 0.25) is 0 Å². The second-order valence-corrected chi connectivity index (χ2v) is 6.74. The van der Waals surface area contributed by atoms with Gasteiger partial charge >= 0.3 is 12.0 Å². The van der Waals surface area contributed by atoms with E-state index in [1.165, 1.54) is 0 Å². The lowest BCUT2D eigenvalue weighted by atomic mass is 9.74. The fourth-order valence-corrected chi connectivity index (χ4v) is 1.95. The Morgan fingerprint density at radius 2 is 1.62 bits per heavy atom. The van der Waals surface area contributed by atoms with E-state index in [0.29, 0.717) is 5.69 Å². The van der Waals surface area contributed by atoms with Gasteiger partial charge in [0.15, 0.2) is 0 Å². The molecule has 0 aromatic heterocycles. The molecule has 3 N–H and O–H groups in total. The number of anilines is 1. The molecule has 0 fully saturated rings. The average Bonchev–Trinajstić information content (AvgIpc) is 2.38. The number of amides is 2. The van der Waals surface area contributed by atoms with E-state index in [1.54, 1.807) is 51.6 Å². The lowest BCUT2D eigenvalue weighted by molar-refractivity contribution is -0.150. The van der Waals surface area contributed by atoms with Crippen LogP contribution in [-0.2, 0) is 4.79 Å². The smallest absolute Gasteiger partial charge is 0.319 e. The van der Waals surface area contributed by atoms with E-state index in [2.05, 4.69) is 10.6 Å². The number of carboxylic acids is 1. The van der Waals surface area contributed by atoms with Gasteiger partial charge in [-0.3, -0.25) is 4.79 Å². The first-order chi connectivity index (χ1) is 9.60. The van der Waals surface area contributed by atoms with Crippen LogP contribution in [0.3, 0.4) is 0 Å². The number of carbonyl (C=O) groups is 2. The van der Waals surface area contributed by atoms with E-state index < -0.39 is 23.0 Å². The minimum Gasteiger partial charge on any atom is -0.481 e. The normalized spacial score (nSPS) is 11.9. The maximum atomic E-state index is 12.0. The van der Waals surface area contributed by atoms with Gasteiger partial charge in [-0.1, -0.05) is 0 Å². The minimum absolute atomic E-state index is 0.425. The van der Waals surface area contributed by atoms with Gasteiger partial charge in [-0.2, -0.15) is 0 Å². The van der Waals surface area contributed by atoms with E-state index in [-0.39, 0.29) is 0 Å². The third kappa shape index (κ3) is 4.14. The Labute approximate surface area is 129 Å². The van der Waals surface area contributed by atoms with E-state index in [9.17, 15) is 14.7 Å². The molecule has 0 unspecified atom stereocenters. The summed E-state index contributed by atoms with van der Waals surface area (Å²) in [5.41, 5.74) is -1.33. The van der Waals surface area contributed by atoms with Crippen LogP contribution in [0.15, 0.2) is 29.2 Å². The number of nitrogens with one attached hydrogen (secondary N) is 2. The lowest BCUT2D eigenvalue weighted by Crippen LogP contribution is -2.57. The van der Waals surface area contributed by atoms with E-state index >= 15 is 0 Å². The van der Waals surface area contributed by atoms with E-state index in [1.807, 2.05) is 18.4 Å². The highest BCUT2D eigenvalue weighted by atomic mass is 32.2. The number of carbonyl (C=O) groups excluding carboxylic acids is 1. The topological polar surface area (TPSA) is 78.4 Å². The summed E-state index contributed by atoms with van der Waals surface area (Å²) in [6, 6.07) is 7.01. The molecule has 0 aliphatic rings. The number of hydrogen-bond donors (Lipinski definition) is 3. The molecule has 0 aliphatic carbocycles. The van der Waals surface area contributed by atoms with Crippen molar-refractivity contribution in [3.8, 4) is 0 Å². The van der Waals surface area contributed by atoms with Crippen LogP contribution in [0.5, 0.6) is 0 Å². The maximum absolute atomic E-state index is 12.0. The molecule has 0 saturated heterocycles. The van der Waals surface area contributed by atoms with Gasteiger partial charge in [0.25, 0.3) is 0 Å². The molecule has 1 rings (SSSR count). The zero-order chi connectivity index (χ0) is 16.3. The Morgan fingerprint density at radius 3 is 2.05 bits per heavy atom. The summed E-state index contributed by atoms with van der Waals surface area (Å²) in [7, 11) is 0. The molecule has 116 valence electrons. The molecule has 21 heavy (non-hydrogen) atoms. The van der Waals surface area contributed by atoms with Gasteiger partial charge in [-0.25, -0.2) is 4.79 Å². The van der Waals surface area contributed by atoms with Crippen LogP contribution < -0.4 is 10.6 Å². The summed E-state index contributed by atoms with van der Waals surface area (Å²) in [5.74, 6) is -0.961. The molecule has 0 spiro atoms. The molecular formula is C15H22N2O3S. The number of hydrogen-bond acceptors (Lipinski definition) is 3. The summed E-state index contributed by atoms with van der Waals surface area (Å²) in [5, 5.41) is 14.7. The summed E-state index contributed by atoms with van der Waals surface area (Å²) in [4.78, 5) is 24.4. The molecule has 0 aliphatic heterocycles. The molecule has 0 atom stereocenters. The molecule has 0 heterocycles. The monoisotopic (exact) mass is 310 g/mol. The molecule has 1 aromatic carbocycles. The first-order valence-corrected chi connectivity index (χ1v) is 7.79. The molecule has 5 nitrogen and oxygen atoms in total. The Balaban J connectivity index is 2.74. The van der Waals surface area contributed by atoms with Gasteiger partial charge in [0.2, 0.25) is 0 Å². The Morgan fingerprint density at radius 1 is 1.10 bits per heavy atom. The van der Waals surface area contributed by atoms with Gasteiger partial charge < -0.3 is 15.7 Å². The van der Waals surface area contributed by atoms with Crippen molar-refractivity contribution >= 4 is 29.4 Å². The van der Waals surface area contributed by atoms with E-state index in [4.69, 9.17) is 0 Å². The Hall–Kier alpha value is -1.69. The number of rotatable bonds is 5. The van der Waals surface area contributed by atoms with Gasteiger partial charge in [-0.15, -0.1) is 11.8 Å². The van der Waals surface area contributed by atoms with Crippen LogP contribution in [0.1, 0.15) is 27.7 Å². The number of urea groups is 1. The molecule has 0 saturated carbocycles. The fraction of sp³-hybridized carbons (Fsp3) is 0.467. The van der Waals surface area contributed by atoms with E-state index in [0.717, 1.165) is 4.90 Å². The first kappa shape index (κ1) is 17.4. The first-order valence-electron chi connectivity index (χ1n) is 6.57. The Kier molecular flexibility index (Phi) is 5.28. The summed E-state index contributed by atoms with van der Waals surface area (Å²) in [6.45, 7) is 6.56. The quantitative estimate of drug-likeness (QED) is 0.728. The van der Waals surface area contributed by atoms with Gasteiger partial charge in [-0.05, 0) is 58.2 Å². The zero-order valence-corrected chi connectivity index (χ0v) is 13.8. The summed E-state index contributed by atoms with van der Waals surface area (Å²) in [6.07, 6.45) is 1.98. The van der Waals surface area contributed by atoms with Crippen molar-refractivity contribution in [2.24, 2.45) is 5.41 Å². The highest BCUT2D eigenvalue weighted by molar-refractivity contribution is 7.98. The maximum Gasteiger partial charge on any atom is 0.319 e. The molecule has 6 heteroatoms. The van der Waals surface area contributed by atoms with Crippen LogP contribution in [0.25, 0.3) is 0 Å². The van der Waals surface area contributed by atoms with Crippen molar-refractivity contribution in [2.45, 2.75) is 38.1 Å². The number of aliphatic carboxylic acids is 1. The Bertz CT molecular complexity index is 524. The molecule has 0 bridgehead atoms. The van der Waals surface area contributed by atoms with Crippen LogP contribution in [-0.4, -0.2) is 28.9 Å². The van der Waals surface area contributed by atoms with Crippen LogP contribution >= 0.6 is 11.8 Å². The van der Waals surface area contributed by atoms with Crippen molar-refractivity contribution in [2.75, 3.05) is 11.6 Å². The predicted octanol–water partition coefficient (Wildman–Crippen LogP) is 3.42. The van der Waals surface area contributed by atoms with Crippen molar-refractivity contribution in [1.29, 1.82) is 0 Å². The largest absolute Gasteiger partial charge is 0.481 e. The second-order valence-electron chi connectivity index (χ2n) is 5.86. The lowest BCUT2D eigenvalue weighted by Gasteiger charge is -2.38. The third-order valence-electron chi connectivity index (χ3n) is 3.87. The number of carboxylic acid groups (broad SMARTS) is 1. The van der Waals surface area contributed by atoms with Gasteiger partial charge in [0.05, 0.1) is 11.0 Å². The minimum atomic E-state index is -1.09. The SMILES string of the molecule is CSc1ccc(NC(=O)NC(C)(C)C(C)(C)C(=O)O)cc1. The number of benzene rings is 1. The van der Waals surface area contributed by atoms with Crippen molar-refractivity contribution in [1.82, 2.24) is 5.32 Å². The molecule has 2 amide bonds. The van der Waals surface area contributed by atoms with Gasteiger partial charge in [0.1, 0.15) is 0 Å². The summed E-state index contributed by atoms with van der Waals surface area (Å²) >= 11 is 1.62. The van der Waals surface area contributed by atoms with Gasteiger partial charge in [0, 0.05) is 10.6 Å². The third-order valence-corrected chi connectivity index (χ3v) is 4.61. The van der Waals surface area contributed by atoms with Crippen molar-refractivity contribution in [3.05, 3.63) is 24.3 Å². The predicted molar refractivity (Wildman–Crippen MR) is 85.9 cm³/mol. The van der Waals surface area contributed by atoms with Crippen LogP contribution in [0, 0.1) is 5.41 Å². The standard InChI is InChI=1S/C15H22N2O3S/c1-14(2,12(18)19)15(3,4)17-13(20)16-10-6-8-11(21-5)9-7-10/h6-9H,1-5H3,(H,18,19)(H2,16,17,20). The summed E-state index contributed by atoms with van der Waals surface area (Å²) < 4.78 is 0. The van der Waals surface area contributed by atoms with Crippen molar-refractivity contribution in [3.63, 3.8) is 0 Å². The molecule has 0 radical (unpaired) electrons. The average molecular weight is 310 g/mol. The zero-order valence-electron chi connectivity index (χ0n) is 13.0. The fourth-order valence-electron chi connectivity index (χ4n) is 1.54. The highest BCUT2D eigenvalue weighted by Crippen LogP contribution is 2.30. The molecule has 1 aromatic rings. The van der Waals surface area contributed by atoms with Crippen LogP contribution in [0.4, 0.5) is 10.5 Å². The van der Waals surface area contributed by atoms with Crippen molar-refractivity contribution < 1.29 is 14.7 Å². The second kappa shape index (κ2) is 6.39. The number of thioether (sulfide) groups is 1. The molecular weight excluding hydrogens is 288 g/mol.